The minimum absolute atomic E-state index is 0.0838. The van der Waals surface area contributed by atoms with Crippen LogP contribution in [0.15, 0.2) is 11.0 Å². The second-order valence-electron chi connectivity index (χ2n) is 4.81. The second-order valence-corrected chi connectivity index (χ2v) is 9.08. The molecule has 0 amide bonds. The Kier molecular flexibility index (Phi) is 5.85. The Morgan fingerprint density at radius 2 is 1.72 bits per heavy atom. The fraction of sp³-hybridized carbons (Fsp3) is 0.833. The van der Waals surface area contributed by atoms with Crippen molar-refractivity contribution in [2.45, 2.75) is 45.4 Å². The average Bonchev–Trinajstić information content (AvgIpc) is 2.65. The second kappa shape index (κ2) is 6.70. The normalized spacial score (nSPS) is 18.8. The summed E-state index contributed by atoms with van der Waals surface area (Å²) in [5, 5.41) is 0. The van der Waals surface area contributed by atoms with Gasteiger partial charge in [-0.2, -0.15) is 0 Å². The molecule has 0 saturated heterocycles. The number of unbranched alkanes of at least 4 members (excludes halogenated alkanes) is 5. The molecule has 18 heavy (non-hydrogen) atoms. The monoisotopic (exact) mass is 294 g/mol. The minimum atomic E-state index is -3.34. The molecule has 0 aromatic heterocycles. The van der Waals surface area contributed by atoms with E-state index in [1.54, 1.807) is 0 Å². The molecule has 0 radical (unpaired) electrons. The number of rotatable bonds is 8. The van der Waals surface area contributed by atoms with Crippen molar-refractivity contribution >= 4 is 19.7 Å². The van der Waals surface area contributed by atoms with Crippen LogP contribution in [0, 0.1) is 0 Å². The van der Waals surface area contributed by atoms with Crippen LogP contribution in [0.4, 0.5) is 0 Å². The molecule has 6 heteroatoms. The van der Waals surface area contributed by atoms with Gasteiger partial charge in [-0.05, 0) is 6.42 Å². The zero-order chi connectivity index (χ0) is 13.6. The lowest BCUT2D eigenvalue weighted by atomic mass is 10.1. The molecular formula is C12H22O4S2. The first kappa shape index (κ1) is 15.7. The molecule has 0 bridgehead atoms. The molecule has 0 saturated carbocycles. The van der Waals surface area contributed by atoms with Crippen LogP contribution in [-0.4, -0.2) is 34.1 Å². The highest BCUT2D eigenvalue weighted by Crippen LogP contribution is 2.19. The lowest BCUT2D eigenvalue weighted by Gasteiger charge is -2.04. The molecule has 0 aromatic rings. The van der Waals surface area contributed by atoms with Crippen molar-refractivity contribution < 1.29 is 16.8 Å². The van der Waals surface area contributed by atoms with Gasteiger partial charge in [-0.3, -0.25) is 0 Å². The predicted molar refractivity (Wildman–Crippen MR) is 73.9 cm³/mol. The van der Waals surface area contributed by atoms with E-state index < -0.39 is 19.7 Å². The number of sulfone groups is 2. The molecule has 0 unspecified atom stereocenters. The van der Waals surface area contributed by atoms with Gasteiger partial charge in [-0.1, -0.05) is 45.1 Å². The Bertz CT molecular complexity index is 486. The van der Waals surface area contributed by atoms with Crippen molar-refractivity contribution in [2.24, 2.45) is 0 Å². The molecule has 4 nitrogen and oxygen atoms in total. The summed E-state index contributed by atoms with van der Waals surface area (Å²) in [5.41, 5.74) is 0. The van der Waals surface area contributed by atoms with Gasteiger partial charge in [0.25, 0.3) is 0 Å². The van der Waals surface area contributed by atoms with E-state index in [0.29, 0.717) is 6.42 Å². The third kappa shape index (κ3) is 5.10. The molecule has 0 spiro atoms. The third-order valence-electron chi connectivity index (χ3n) is 3.09. The largest absolute Gasteiger partial charge is 0.228 e. The van der Waals surface area contributed by atoms with E-state index in [-0.39, 0.29) is 22.2 Å². The molecule has 0 aliphatic carbocycles. The molecule has 1 rings (SSSR count). The Labute approximate surface area is 110 Å². The van der Waals surface area contributed by atoms with Crippen molar-refractivity contribution in [1.82, 2.24) is 0 Å². The van der Waals surface area contributed by atoms with E-state index in [1.807, 2.05) is 0 Å². The van der Waals surface area contributed by atoms with Crippen LogP contribution >= 0.6 is 0 Å². The first-order valence-electron chi connectivity index (χ1n) is 6.49. The molecular weight excluding hydrogens is 272 g/mol. The van der Waals surface area contributed by atoms with Gasteiger partial charge in [0.15, 0.2) is 19.7 Å². The lowest BCUT2D eigenvalue weighted by molar-refractivity contribution is 0.587. The summed E-state index contributed by atoms with van der Waals surface area (Å²) < 4.78 is 46.2. The quantitative estimate of drug-likeness (QED) is 0.643. The van der Waals surface area contributed by atoms with Gasteiger partial charge in [-0.25, -0.2) is 16.8 Å². The van der Waals surface area contributed by atoms with Crippen LogP contribution < -0.4 is 0 Å². The third-order valence-corrected chi connectivity index (χ3v) is 6.64. The van der Waals surface area contributed by atoms with Crippen molar-refractivity contribution in [3.8, 4) is 0 Å². The highest BCUT2D eigenvalue weighted by atomic mass is 32.2. The van der Waals surface area contributed by atoms with E-state index in [0.717, 1.165) is 19.3 Å². The van der Waals surface area contributed by atoms with Gasteiger partial charge in [-0.15, -0.1) is 0 Å². The first-order valence-corrected chi connectivity index (χ1v) is 9.97. The van der Waals surface area contributed by atoms with E-state index in [9.17, 15) is 16.8 Å². The Morgan fingerprint density at radius 1 is 1.11 bits per heavy atom. The Morgan fingerprint density at radius 3 is 2.28 bits per heavy atom. The van der Waals surface area contributed by atoms with Crippen LogP contribution in [0.5, 0.6) is 0 Å². The Balaban J connectivity index is 2.33. The van der Waals surface area contributed by atoms with E-state index in [1.165, 1.54) is 18.9 Å². The van der Waals surface area contributed by atoms with Crippen LogP contribution in [0.3, 0.4) is 0 Å². The maximum absolute atomic E-state index is 11.9. The Hall–Kier alpha value is -0.360. The highest BCUT2D eigenvalue weighted by Gasteiger charge is 2.28. The summed E-state index contributed by atoms with van der Waals surface area (Å²) in [6.07, 6.45) is 7.44. The zero-order valence-corrected chi connectivity index (χ0v) is 12.5. The molecule has 0 atom stereocenters. The maximum Gasteiger partial charge on any atom is 0.175 e. The summed E-state index contributed by atoms with van der Waals surface area (Å²) in [7, 11) is -6.53. The molecule has 0 fully saturated rings. The zero-order valence-electron chi connectivity index (χ0n) is 10.9. The highest BCUT2D eigenvalue weighted by molar-refractivity contribution is 7.98. The molecule has 0 N–H and O–H groups in total. The van der Waals surface area contributed by atoms with Gasteiger partial charge in [0.1, 0.15) is 0 Å². The van der Waals surface area contributed by atoms with Crippen molar-refractivity contribution in [3.63, 3.8) is 0 Å². The average molecular weight is 294 g/mol. The molecule has 0 aromatic carbocycles. The van der Waals surface area contributed by atoms with Gasteiger partial charge in [0.2, 0.25) is 0 Å². The fourth-order valence-electron chi connectivity index (χ4n) is 1.97. The van der Waals surface area contributed by atoms with Gasteiger partial charge in [0.05, 0.1) is 22.2 Å². The van der Waals surface area contributed by atoms with Crippen LogP contribution in [0.2, 0.25) is 0 Å². The van der Waals surface area contributed by atoms with Crippen molar-refractivity contribution in [2.75, 3.05) is 17.3 Å². The summed E-state index contributed by atoms with van der Waals surface area (Å²) in [6.45, 7) is 2.14. The van der Waals surface area contributed by atoms with Crippen LogP contribution in [0.1, 0.15) is 45.4 Å². The summed E-state index contributed by atoms with van der Waals surface area (Å²) in [4.78, 5) is 0.107. The predicted octanol–water partition coefficient (Wildman–Crippen LogP) is 2.07. The van der Waals surface area contributed by atoms with Gasteiger partial charge in [0, 0.05) is 0 Å². The summed E-state index contributed by atoms with van der Waals surface area (Å²) >= 11 is 0. The van der Waals surface area contributed by atoms with Crippen molar-refractivity contribution in [1.29, 1.82) is 0 Å². The van der Waals surface area contributed by atoms with E-state index in [2.05, 4.69) is 6.92 Å². The van der Waals surface area contributed by atoms with Crippen molar-refractivity contribution in [3.05, 3.63) is 11.0 Å². The molecule has 106 valence electrons. The first-order chi connectivity index (χ1) is 8.37. The van der Waals surface area contributed by atoms with Gasteiger partial charge < -0.3 is 0 Å². The topological polar surface area (TPSA) is 68.3 Å². The van der Waals surface area contributed by atoms with Crippen LogP contribution in [0.25, 0.3) is 0 Å². The lowest BCUT2D eigenvalue weighted by Crippen LogP contribution is -2.13. The van der Waals surface area contributed by atoms with E-state index >= 15 is 0 Å². The molecule has 1 aliphatic rings. The number of hydrogen-bond donors (Lipinski definition) is 0. The maximum atomic E-state index is 11.9. The smallest absolute Gasteiger partial charge is 0.175 e. The van der Waals surface area contributed by atoms with E-state index in [4.69, 9.17) is 0 Å². The summed E-state index contributed by atoms with van der Waals surface area (Å²) in [6, 6.07) is 0. The standard InChI is InChI=1S/C12H22O4S2/c1-2-3-4-5-6-7-9-18(15,16)12-8-10-17(13,14)11-12/h8H,2-7,9-11H2,1H3. The fourth-order valence-corrected chi connectivity index (χ4v) is 5.65. The molecule has 1 aliphatic heterocycles. The minimum Gasteiger partial charge on any atom is -0.228 e. The van der Waals surface area contributed by atoms with Crippen LogP contribution in [-0.2, 0) is 19.7 Å². The van der Waals surface area contributed by atoms with Gasteiger partial charge >= 0.3 is 0 Å². The SMILES string of the molecule is CCCCCCCCS(=O)(=O)C1=CCS(=O)(=O)C1. The molecule has 1 heterocycles. The number of hydrogen-bond acceptors (Lipinski definition) is 4. The summed E-state index contributed by atoms with van der Waals surface area (Å²) in [5.74, 6) is -0.344.